The van der Waals surface area contributed by atoms with Crippen LogP contribution < -0.4 is 10.1 Å². The molecule has 1 N–H and O–H groups in total. The van der Waals surface area contributed by atoms with Gasteiger partial charge in [-0.25, -0.2) is 9.97 Å². The second-order valence-corrected chi connectivity index (χ2v) is 8.07. The Morgan fingerprint density at radius 1 is 1.48 bits per heavy atom. The van der Waals surface area contributed by atoms with Crippen molar-refractivity contribution in [2.75, 3.05) is 11.9 Å². The van der Waals surface area contributed by atoms with Crippen LogP contribution in [0.25, 0.3) is 11.0 Å². The van der Waals surface area contributed by atoms with Crippen molar-refractivity contribution in [3.8, 4) is 5.88 Å². The molecular weight excluding hydrogens is 364 g/mol. The van der Waals surface area contributed by atoms with E-state index in [2.05, 4.69) is 27.1 Å². The molecule has 0 bridgehead atoms. The standard InChI is InChI=1S/C19H22N4O3S/c1-11-6-14(26-18-16-7-12(2)25-17(16)4-5-20-18)9-23(11)10-15-8-21-19(27-15)22-13(3)24/h4-5,7-8,11,14H,6,9-10H2,1-3H3,(H,21,22,24)/t11-,14+/m0/s1. The summed E-state index contributed by atoms with van der Waals surface area (Å²) in [5.41, 5.74) is 0.801. The summed E-state index contributed by atoms with van der Waals surface area (Å²) < 4.78 is 11.9. The highest BCUT2D eigenvalue weighted by Gasteiger charge is 2.31. The number of ether oxygens (including phenoxy) is 1. The number of anilines is 1. The van der Waals surface area contributed by atoms with Gasteiger partial charge in [-0.15, -0.1) is 11.3 Å². The number of amides is 1. The molecule has 8 heteroatoms. The second-order valence-electron chi connectivity index (χ2n) is 6.95. The van der Waals surface area contributed by atoms with Crippen LogP contribution in [0, 0.1) is 6.92 Å². The first-order valence-corrected chi connectivity index (χ1v) is 9.77. The average Bonchev–Trinajstić information content (AvgIpc) is 3.27. The van der Waals surface area contributed by atoms with E-state index in [9.17, 15) is 4.79 Å². The number of aromatic nitrogens is 2. The zero-order valence-electron chi connectivity index (χ0n) is 15.6. The number of pyridine rings is 1. The van der Waals surface area contributed by atoms with E-state index >= 15 is 0 Å². The van der Waals surface area contributed by atoms with Crippen molar-refractivity contribution in [3.63, 3.8) is 0 Å². The SMILES string of the molecule is CC(=O)Nc1ncc(CN2C[C@H](Oc3nccc4oc(C)cc34)C[C@@H]2C)s1. The molecule has 3 aromatic rings. The molecule has 1 saturated heterocycles. The first-order chi connectivity index (χ1) is 13.0. The van der Waals surface area contributed by atoms with E-state index in [4.69, 9.17) is 9.15 Å². The molecular formula is C19H22N4O3S. The quantitative estimate of drug-likeness (QED) is 0.722. The van der Waals surface area contributed by atoms with Crippen LogP contribution in [0.3, 0.4) is 0 Å². The normalized spacial score (nSPS) is 20.3. The van der Waals surface area contributed by atoms with Crippen molar-refractivity contribution in [1.29, 1.82) is 0 Å². The molecule has 0 saturated carbocycles. The number of nitrogens with zero attached hydrogens (tertiary/aromatic N) is 3. The highest BCUT2D eigenvalue weighted by molar-refractivity contribution is 7.15. The average molecular weight is 386 g/mol. The maximum absolute atomic E-state index is 11.1. The number of thiazole rings is 1. The summed E-state index contributed by atoms with van der Waals surface area (Å²) in [6.07, 6.45) is 4.56. The number of carbonyl (C=O) groups is 1. The van der Waals surface area contributed by atoms with Crippen LogP contribution >= 0.6 is 11.3 Å². The van der Waals surface area contributed by atoms with Crippen LogP contribution in [-0.4, -0.2) is 39.5 Å². The van der Waals surface area contributed by atoms with E-state index in [0.717, 1.165) is 41.1 Å². The molecule has 1 fully saturated rings. The highest BCUT2D eigenvalue weighted by atomic mass is 32.1. The van der Waals surface area contributed by atoms with Crippen LogP contribution in [-0.2, 0) is 11.3 Å². The number of hydrogen-bond acceptors (Lipinski definition) is 7. The lowest BCUT2D eigenvalue weighted by Crippen LogP contribution is -2.27. The van der Waals surface area contributed by atoms with Crippen LogP contribution in [0.15, 0.2) is 28.9 Å². The van der Waals surface area contributed by atoms with E-state index in [1.54, 1.807) is 6.20 Å². The molecule has 2 atom stereocenters. The molecule has 1 amide bonds. The topological polar surface area (TPSA) is 80.5 Å². The Hall–Kier alpha value is -2.45. The maximum Gasteiger partial charge on any atom is 0.224 e. The van der Waals surface area contributed by atoms with Crippen molar-refractivity contribution in [2.24, 2.45) is 0 Å². The lowest BCUT2D eigenvalue weighted by Gasteiger charge is -2.19. The predicted octanol–water partition coefficient (Wildman–Crippen LogP) is 3.59. The number of aryl methyl sites for hydroxylation is 1. The third kappa shape index (κ3) is 3.96. The second kappa shape index (κ2) is 7.28. The number of furan rings is 1. The maximum atomic E-state index is 11.1. The Morgan fingerprint density at radius 2 is 2.33 bits per heavy atom. The van der Waals surface area contributed by atoms with Gasteiger partial charge in [0.05, 0.1) is 5.39 Å². The van der Waals surface area contributed by atoms with Gasteiger partial charge in [0, 0.05) is 55.8 Å². The summed E-state index contributed by atoms with van der Waals surface area (Å²) in [7, 11) is 0. The summed E-state index contributed by atoms with van der Waals surface area (Å²) in [6, 6.07) is 4.22. The van der Waals surface area contributed by atoms with E-state index in [0.29, 0.717) is 17.1 Å². The molecule has 1 aliphatic rings. The molecule has 0 aliphatic carbocycles. The zero-order valence-corrected chi connectivity index (χ0v) is 16.4. The molecule has 7 nitrogen and oxygen atoms in total. The number of carbonyl (C=O) groups excluding carboxylic acids is 1. The first kappa shape index (κ1) is 17.9. The van der Waals surface area contributed by atoms with Gasteiger partial charge in [-0.3, -0.25) is 9.69 Å². The smallest absolute Gasteiger partial charge is 0.224 e. The van der Waals surface area contributed by atoms with Gasteiger partial charge in [0.1, 0.15) is 17.4 Å². The van der Waals surface area contributed by atoms with Gasteiger partial charge < -0.3 is 14.5 Å². The minimum absolute atomic E-state index is 0.0797. The minimum Gasteiger partial charge on any atom is -0.472 e. The van der Waals surface area contributed by atoms with Gasteiger partial charge >= 0.3 is 0 Å². The molecule has 0 radical (unpaired) electrons. The first-order valence-electron chi connectivity index (χ1n) is 8.96. The van der Waals surface area contributed by atoms with Crippen molar-refractivity contribution in [1.82, 2.24) is 14.9 Å². The Labute approximate surface area is 161 Å². The summed E-state index contributed by atoms with van der Waals surface area (Å²) in [6.45, 7) is 7.23. The van der Waals surface area contributed by atoms with E-state index < -0.39 is 0 Å². The van der Waals surface area contributed by atoms with Crippen molar-refractivity contribution in [3.05, 3.63) is 35.2 Å². The monoisotopic (exact) mass is 386 g/mol. The Morgan fingerprint density at radius 3 is 3.15 bits per heavy atom. The summed E-state index contributed by atoms with van der Waals surface area (Å²) >= 11 is 1.51. The number of rotatable bonds is 5. The molecule has 4 heterocycles. The van der Waals surface area contributed by atoms with Gasteiger partial charge in [-0.05, 0) is 19.9 Å². The molecule has 0 spiro atoms. The van der Waals surface area contributed by atoms with Gasteiger partial charge in [0.25, 0.3) is 0 Å². The fraction of sp³-hybridized carbons (Fsp3) is 0.421. The summed E-state index contributed by atoms with van der Waals surface area (Å²) in [4.78, 5) is 23.3. The molecule has 0 unspecified atom stereocenters. The molecule has 142 valence electrons. The number of fused-ring (bicyclic) bond motifs is 1. The van der Waals surface area contributed by atoms with Crippen molar-refractivity contribution < 1.29 is 13.9 Å². The van der Waals surface area contributed by atoms with Gasteiger partial charge in [0.2, 0.25) is 11.8 Å². The molecule has 0 aromatic carbocycles. The van der Waals surface area contributed by atoms with Crippen LogP contribution in [0.4, 0.5) is 5.13 Å². The lowest BCUT2D eigenvalue weighted by atomic mass is 10.2. The Balaban J connectivity index is 1.42. The fourth-order valence-corrected chi connectivity index (χ4v) is 4.34. The third-order valence-corrected chi connectivity index (χ3v) is 5.57. The number of likely N-dealkylation sites (tertiary alicyclic amines) is 1. The third-order valence-electron chi connectivity index (χ3n) is 4.67. The molecule has 1 aliphatic heterocycles. The van der Waals surface area contributed by atoms with E-state index in [-0.39, 0.29) is 12.0 Å². The minimum atomic E-state index is -0.102. The summed E-state index contributed by atoms with van der Waals surface area (Å²) in [5, 5.41) is 4.29. The largest absolute Gasteiger partial charge is 0.472 e. The fourth-order valence-electron chi connectivity index (χ4n) is 3.46. The molecule has 3 aromatic heterocycles. The summed E-state index contributed by atoms with van der Waals surface area (Å²) in [5.74, 6) is 1.38. The van der Waals surface area contributed by atoms with E-state index in [1.807, 2.05) is 25.3 Å². The van der Waals surface area contributed by atoms with E-state index in [1.165, 1.54) is 18.3 Å². The van der Waals surface area contributed by atoms with Gasteiger partial charge in [-0.2, -0.15) is 0 Å². The molecule has 4 rings (SSSR count). The van der Waals surface area contributed by atoms with Crippen LogP contribution in [0.2, 0.25) is 0 Å². The lowest BCUT2D eigenvalue weighted by molar-refractivity contribution is -0.114. The van der Waals surface area contributed by atoms with Gasteiger partial charge in [0.15, 0.2) is 5.13 Å². The van der Waals surface area contributed by atoms with Gasteiger partial charge in [-0.1, -0.05) is 0 Å². The zero-order chi connectivity index (χ0) is 19.0. The van der Waals surface area contributed by atoms with Crippen molar-refractivity contribution in [2.45, 2.75) is 45.9 Å². The number of hydrogen-bond donors (Lipinski definition) is 1. The molecule has 27 heavy (non-hydrogen) atoms. The Kier molecular flexibility index (Phi) is 4.84. The number of nitrogens with one attached hydrogen (secondary N) is 1. The van der Waals surface area contributed by atoms with Crippen molar-refractivity contribution >= 4 is 33.3 Å². The highest BCUT2D eigenvalue weighted by Crippen LogP contribution is 2.30. The predicted molar refractivity (Wildman–Crippen MR) is 104 cm³/mol. The van der Waals surface area contributed by atoms with Crippen LogP contribution in [0.1, 0.15) is 30.9 Å². The van der Waals surface area contributed by atoms with Crippen LogP contribution in [0.5, 0.6) is 5.88 Å². The Bertz CT molecular complexity index is 967.